The van der Waals surface area contributed by atoms with Crippen molar-refractivity contribution in [3.05, 3.63) is 20.8 Å². The standard InChI is InChI=1S/C15H24BrNS3/c1-3-6-17-12(10-14-11(16)5-7-18-14)15-13(4-2)19-8-9-20-15/h5,7,12-13,15,17H,3-4,6,8-10H2,1-2H3. The molecule has 1 saturated heterocycles. The number of hydrogen-bond donors (Lipinski definition) is 1. The van der Waals surface area contributed by atoms with E-state index in [4.69, 9.17) is 0 Å². The van der Waals surface area contributed by atoms with Gasteiger partial charge < -0.3 is 5.32 Å². The number of thioether (sulfide) groups is 2. The number of nitrogens with one attached hydrogen (secondary N) is 1. The number of thiophene rings is 1. The van der Waals surface area contributed by atoms with Crippen LogP contribution in [0.4, 0.5) is 0 Å². The molecule has 3 atom stereocenters. The molecule has 0 aliphatic carbocycles. The molecule has 0 bridgehead atoms. The monoisotopic (exact) mass is 393 g/mol. The third-order valence-electron chi connectivity index (χ3n) is 3.64. The first kappa shape index (κ1) is 17.2. The predicted molar refractivity (Wildman–Crippen MR) is 101 cm³/mol. The Morgan fingerprint density at radius 3 is 2.80 bits per heavy atom. The third-order valence-corrected chi connectivity index (χ3v) is 9.00. The molecule has 3 unspecified atom stereocenters. The van der Waals surface area contributed by atoms with Gasteiger partial charge in [0, 0.05) is 37.4 Å². The largest absolute Gasteiger partial charge is 0.312 e. The van der Waals surface area contributed by atoms with Gasteiger partial charge >= 0.3 is 0 Å². The van der Waals surface area contributed by atoms with Crippen molar-refractivity contribution in [2.24, 2.45) is 0 Å². The van der Waals surface area contributed by atoms with Crippen LogP contribution in [0.5, 0.6) is 0 Å². The summed E-state index contributed by atoms with van der Waals surface area (Å²) < 4.78 is 1.28. The molecule has 1 aromatic rings. The first-order valence-corrected chi connectivity index (χ1v) is 11.2. The van der Waals surface area contributed by atoms with Crippen LogP contribution < -0.4 is 5.32 Å². The molecule has 0 saturated carbocycles. The fourth-order valence-electron chi connectivity index (χ4n) is 2.62. The van der Waals surface area contributed by atoms with E-state index in [-0.39, 0.29) is 0 Å². The molecule has 2 heterocycles. The SMILES string of the molecule is CCCNC(Cc1sccc1Br)C1SCCSC1CC. The number of hydrogen-bond acceptors (Lipinski definition) is 4. The van der Waals surface area contributed by atoms with Crippen molar-refractivity contribution in [1.82, 2.24) is 5.32 Å². The van der Waals surface area contributed by atoms with Crippen molar-refractivity contribution in [2.45, 2.75) is 49.7 Å². The van der Waals surface area contributed by atoms with Gasteiger partial charge in [-0.3, -0.25) is 0 Å². The van der Waals surface area contributed by atoms with Crippen LogP contribution in [-0.2, 0) is 6.42 Å². The van der Waals surface area contributed by atoms with Gasteiger partial charge in [0.1, 0.15) is 0 Å². The Kier molecular flexibility index (Phi) is 7.81. The minimum absolute atomic E-state index is 0.604. The quantitative estimate of drug-likeness (QED) is 0.695. The lowest BCUT2D eigenvalue weighted by Gasteiger charge is -2.36. The predicted octanol–water partition coefficient (Wildman–Crippen LogP) is 5.05. The van der Waals surface area contributed by atoms with Crippen LogP contribution in [0.3, 0.4) is 0 Å². The summed E-state index contributed by atoms with van der Waals surface area (Å²) in [5.74, 6) is 2.63. The van der Waals surface area contributed by atoms with Gasteiger partial charge in [0.05, 0.1) is 0 Å². The van der Waals surface area contributed by atoms with E-state index in [0.717, 1.165) is 23.5 Å². The number of halogens is 1. The molecule has 1 aliphatic rings. The molecule has 1 nitrogen and oxygen atoms in total. The molecule has 0 radical (unpaired) electrons. The third kappa shape index (κ3) is 4.67. The minimum Gasteiger partial charge on any atom is -0.312 e. The highest BCUT2D eigenvalue weighted by atomic mass is 79.9. The van der Waals surface area contributed by atoms with E-state index in [1.807, 2.05) is 11.3 Å². The highest BCUT2D eigenvalue weighted by molar-refractivity contribution is 9.10. The van der Waals surface area contributed by atoms with Gasteiger partial charge in [-0.15, -0.1) is 11.3 Å². The van der Waals surface area contributed by atoms with Crippen molar-refractivity contribution < 1.29 is 0 Å². The fraction of sp³-hybridized carbons (Fsp3) is 0.733. The van der Waals surface area contributed by atoms with Crippen LogP contribution in [0.25, 0.3) is 0 Å². The Bertz CT molecular complexity index is 396. The highest BCUT2D eigenvalue weighted by Crippen LogP contribution is 2.37. The fourth-order valence-corrected chi connectivity index (χ4v) is 7.45. The van der Waals surface area contributed by atoms with Crippen LogP contribution in [0.15, 0.2) is 15.9 Å². The molecule has 2 rings (SSSR count). The van der Waals surface area contributed by atoms with E-state index in [2.05, 4.69) is 70.1 Å². The molecule has 1 aliphatic heterocycles. The van der Waals surface area contributed by atoms with Gasteiger partial charge in [0.15, 0.2) is 0 Å². The molecule has 1 N–H and O–H groups in total. The summed E-state index contributed by atoms with van der Waals surface area (Å²) in [7, 11) is 0. The molecule has 0 aromatic carbocycles. The van der Waals surface area contributed by atoms with Gasteiger partial charge in [0.2, 0.25) is 0 Å². The van der Waals surface area contributed by atoms with E-state index >= 15 is 0 Å². The molecule has 0 spiro atoms. The average molecular weight is 394 g/mol. The Morgan fingerprint density at radius 1 is 1.35 bits per heavy atom. The van der Waals surface area contributed by atoms with Gasteiger partial charge in [-0.1, -0.05) is 13.8 Å². The molecule has 114 valence electrons. The Hall–Kier alpha value is 0.840. The summed E-state index contributed by atoms with van der Waals surface area (Å²) in [5, 5.41) is 7.57. The maximum atomic E-state index is 3.82. The van der Waals surface area contributed by atoms with Gasteiger partial charge in [-0.05, 0) is 53.2 Å². The van der Waals surface area contributed by atoms with Crippen molar-refractivity contribution in [3.8, 4) is 0 Å². The Morgan fingerprint density at radius 2 is 2.15 bits per heavy atom. The lowest BCUT2D eigenvalue weighted by Crippen LogP contribution is -2.46. The minimum atomic E-state index is 0.604. The molecule has 1 fully saturated rings. The smallest absolute Gasteiger partial charge is 0.0323 e. The topological polar surface area (TPSA) is 12.0 Å². The second-order valence-corrected chi connectivity index (χ2v) is 9.60. The van der Waals surface area contributed by atoms with E-state index < -0.39 is 0 Å². The van der Waals surface area contributed by atoms with Crippen LogP contribution in [0, 0.1) is 0 Å². The summed E-state index contributed by atoms with van der Waals surface area (Å²) in [5.41, 5.74) is 0. The normalized spacial score (nSPS) is 24.8. The van der Waals surface area contributed by atoms with Gasteiger partial charge in [-0.25, -0.2) is 0 Å². The van der Waals surface area contributed by atoms with Crippen molar-refractivity contribution in [1.29, 1.82) is 0 Å². The van der Waals surface area contributed by atoms with E-state index in [0.29, 0.717) is 6.04 Å². The summed E-state index contributed by atoms with van der Waals surface area (Å²) in [4.78, 5) is 1.49. The molecule has 0 amide bonds. The Labute approximate surface area is 144 Å². The second-order valence-electron chi connectivity index (χ2n) is 5.11. The van der Waals surface area contributed by atoms with Crippen molar-refractivity contribution in [3.63, 3.8) is 0 Å². The summed E-state index contributed by atoms with van der Waals surface area (Å²) in [6, 6.07) is 2.78. The molecule has 1 aromatic heterocycles. The zero-order valence-electron chi connectivity index (χ0n) is 12.2. The molecular weight excluding hydrogens is 370 g/mol. The first-order valence-electron chi connectivity index (χ1n) is 7.44. The van der Waals surface area contributed by atoms with Crippen LogP contribution >= 0.6 is 50.8 Å². The Balaban J connectivity index is 2.07. The number of rotatable bonds is 7. The molecule has 20 heavy (non-hydrogen) atoms. The maximum absolute atomic E-state index is 3.82. The average Bonchev–Trinajstić information content (AvgIpc) is 2.88. The van der Waals surface area contributed by atoms with Gasteiger partial charge in [0.25, 0.3) is 0 Å². The summed E-state index contributed by atoms with van der Waals surface area (Å²) >= 11 is 9.94. The van der Waals surface area contributed by atoms with Crippen molar-refractivity contribution in [2.75, 3.05) is 18.1 Å². The van der Waals surface area contributed by atoms with Gasteiger partial charge in [-0.2, -0.15) is 23.5 Å². The zero-order chi connectivity index (χ0) is 14.4. The first-order chi connectivity index (χ1) is 9.76. The zero-order valence-corrected chi connectivity index (χ0v) is 16.3. The summed E-state index contributed by atoms with van der Waals surface area (Å²) in [6.07, 6.45) is 3.66. The van der Waals surface area contributed by atoms with E-state index in [1.54, 1.807) is 0 Å². The van der Waals surface area contributed by atoms with Crippen molar-refractivity contribution >= 4 is 50.8 Å². The molecule has 5 heteroatoms. The van der Waals surface area contributed by atoms with Crippen LogP contribution in [0.2, 0.25) is 0 Å². The molecular formula is C15H24BrNS3. The lowest BCUT2D eigenvalue weighted by atomic mass is 10.0. The second kappa shape index (κ2) is 9.09. The maximum Gasteiger partial charge on any atom is 0.0323 e. The summed E-state index contributed by atoms with van der Waals surface area (Å²) in [6.45, 7) is 5.73. The lowest BCUT2D eigenvalue weighted by molar-refractivity contribution is 0.479. The van der Waals surface area contributed by atoms with E-state index in [1.165, 1.54) is 33.7 Å². The van der Waals surface area contributed by atoms with E-state index in [9.17, 15) is 0 Å². The highest BCUT2D eigenvalue weighted by Gasteiger charge is 2.32. The van der Waals surface area contributed by atoms with Crippen LogP contribution in [0.1, 0.15) is 31.6 Å². The van der Waals surface area contributed by atoms with Crippen LogP contribution in [-0.4, -0.2) is 34.6 Å².